The molecule has 0 aliphatic rings. The van der Waals surface area contributed by atoms with E-state index in [4.69, 9.17) is 16.0 Å². The van der Waals surface area contributed by atoms with Gasteiger partial charge in [0.2, 0.25) is 0 Å². The topological polar surface area (TPSA) is 53.7 Å². The van der Waals surface area contributed by atoms with Crippen LogP contribution in [0.15, 0.2) is 57.7 Å². The number of halogens is 1. The van der Waals surface area contributed by atoms with Crippen LogP contribution < -0.4 is 5.63 Å². The number of benzene rings is 2. The molecular formula is C18H16ClNO3. The molecule has 0 bridgehead atoms. The van der Waals surface area contributed by atoms with Crippen LogP contribution >= 0.6 is 11.6 Å². The van der Waals surface area contributed by atoms with Crippen LogP contribution in [0.4, 0.5) is 0 Å². The smallest absolute Gasteiger partial charge is 0.336 e. The molecule has 0 saturated heterocycles. The van der Waals surface area contributed by atoms with Gasteiger partial charge in [-0.1, -0.05) is 23.7 Å². The summed E-state index contributed by atoms with van der Waals surface area (Å²) in [4.78, 5) is 13.8. The second kappa shape index (κ2) is 6.44. The molecule has 3 aromatic rings. The zero-order valence-corrected chi connectivity index (χ0v) is 13.4. The fourth-order valence-corrected chi connectivity index (χ4v) is 2.86. The molecule has 3 rings (SSSR count). The van der Waals surface area contributed by atoms with Crippen molar-refractivity contribution < 1.29 is 9.52 Å². The minimum atomic E-state index is -0.422. The predicted octanol–water partition coefficient (Wildman–Crippen LogP) is 3.78. The third kappa shape index (κ3) is 3.73. The van der Waals surface area contributed by atoms with Crippen molar-refractivity contribution in [3.8, 4) is 5.75 Å². The summed E-state index contributed by atoms with van der Waals surface area (Å²) < 4.78 is 5.15. The molecule has 1 N–H and O–H groups in total. The molecule has 118 valence electrons. The zero-order chi connectivity index (χ0) is 16.4. The van der Waals surface area contributed by atoms with Gasteiger partial charge in [0.05, 0.1) is 0 Å². The van der Waals surface area contributed by atoms with Crippen molar-refractivity contribution in [3.63, 3.8) is 0 Å². The van der Waals surface area contributed by atoms with Crippen LogP contribution in [0, 0.1) is 0 Å². The Morgan fingerprint density at radius 3 is 2.74 bits per heavy atom. The number of fused-ring (bicyclic) bond motifs is 1. The van der Waals surface area contributed by atoms with Gasteiger partial charge in [0, 0.05) is 35.6 Å². The molecule has 0 radical (unpaired) electrons. The maximum Gasteiger partial charge on any atom is 0.336 e. The van der Waals surface area contributed by atoms with E-state index < -0.39 is 5.63 Å². The summed E-state index contributed by atoms with van der Waals surface area (Å²) in [5.74, 6) is 0.0742. The van der Waals surface area contributed by atoms with Crippen LogP contribution in [0.3, 0.4) is 0 Å². The van der Waals surface area contributed by atoms with Crippen molar-refractivity contribution in [1.82, 2.24) is 4.90 Å². The number of phenols is 1. The number of rotatable bonds is 4. The summed E-state index contributed by atoms with van der Waals surface area (Å²) in [6.45, 7) is 1.29. The molecule has 0 saturated carbocycles. The van der Waals surface area contributed by atoms with Crippen molar-refractivity contribution in [2.24, 2.45) is 0 Å². The zero-order valence-electron chi connectivity index (χ0n) is 12.6. The van der Waals surface area contributed by atoms with Gasteiger partial charge in [-0.3, -0.25) is 4.90 Å². The monoisotopic (exact) mass is 329 g/mol. The molecule has 1 heterocycles. The second-order valence-corrected chi connectivity index (χ2v) is 6.01. The summed E-state index contributed by atoms with van der Waals surface area (Å²) in [5.41, 5.74) is 1.93. The molecule has 0 fully saturated rings. The molecule has 0 unspecified atom stereocenters. The average Bonchev–Trinajstić information content (AvgIpc) is 2.46. The number of phenolic OH excluding ortho intramolecular Hbond substituents is 1. The molecule has 4 nitrogen and oxygen atoms in total. The summed E-state index contributed by atoms with van der Waals surface area (Å²) in [6, 6.07) is 14.0. The van der Waals surface area contributed by atoms with Crippen molar-refractivity contribution in [3.05, 3.63) is 75.1 Å². The molecule has 1 aromatic heterocycles. The number of hydrogen-bond acceptors (Lipinski definition) is 4. The van der Waals surface area contributed by atoms with Gasteiger partial charge in [0.1, 0.15) is 11.3 Å². The van der Waals surface area contributed by atoms with Crippen LogP contribution in [0.25, 0.3) is 11.0 Å². The van der Waals surface area contributed by atoms with E-state index in [9.17, 15) is 9.90 Å². The predicted molar refractivity (Wildman–Crippen MR) is 90.8 cm³/mol. The minimum Gasteiger partial charge on any atom is -0.508 e. The number of aromatic hydroxyl groups is 1. The highest BCUT2D eigenvalue weighted by Crippen LogP contribution is 2.23. The van der Waals surface area contributed by atoms with Gasteiger partial charge in [-0.15, -0.1) is 0 Å². The SMILES string of the molecule is CN(Cc1cccc(Cl)c1)Cc1cc(=O)oc2cc(O)ccc12. The van der Waals surface area contributed by atoms with E-state index in [1.165, 1.54) is 12.1 Å². The third-order valence-corrected chi connectivity index (χ3v) is 3.83. The summed E-state index contributed by atoms with van der Waals surface area (Å²) in [5, 5.41) is 11.1. The van der Waals surface area contributed by atoms with E-state index in [1.807, 2.05) is 31.3 Å². The third-order valence-electron chi connectivity index (χ3n) is 3.60. The van der Waals surface area contributed by atoms with E-state index in [0.717, 1.165) is 16.5 Å². The van der Waals surface area contributed by atoms with Gasteiger partial charge in [0.15, 0.2) is 0 Å². The average molecular weight is 330 g/mol. The van der Waals surface area contributed by atoms with Crippen LogP contribution in [0.1, 0.15) is 11.1 Å². The Kier molecular flexibility index (Phi) is 4.37. The summed E-state index contributed by atoms with van der Waals surface area (Å²) in [7, 11) is 1.97. The lowest BCUT2D eigenvalue weighted by Crippen LogP contribution is -2.18. The normalized spacial score (nSPS) is 11.3. The standard InChI is InChI=1S/C18H16ClNO3/c1-20(10-12-3-2-4-14(19)7-12)11-13-8-18(22)23-17-9-15(21)5-6-16(13)17/h2-9,21H,10-11H2,1H3. The van der Waals surface area contributed by atoms with Crippen molar-refractivity contribution >= 4 is 22.6 Å². The van der Waals surface area contributed by atoms with E-state index in [-0.39, 0.29) is 5.75 Å². The first-order valence-electron chi connectivity index (χ1n) is 7.20. The van der Waals surface area contributed by atoms with E-state index in [2.05, 4.69) is 4.90 Å². The van der Waals surface area contributed by atoms with Crippen molar-refractivity contribution in [2.75, 3.05) is 7.05 Å². The van der Waals surface area contributed by atoms with Gasteiger partial charge in [-0.25, -0.2) is 4.79 Å². The highest BCUT2D eigenvalue weighted by atomic mass is 35.5. The highest BCUT2D eigenvalue weighted by molar-refractivity contribution is 6.30. The van der Waals surface area contributed by atoms with Gasteiger partial charge < -0.3 is 9.52 Å². The Bertz CT molecular complexity index is 904. The minimum absolute atomic E-state index is 0.0742. The van der Waals surface area contributed by atoms with E-state index in [1.54, 1.807) is 12.1 Å². The first-order valence-corrected chi connectivity index (χ1v) is 7.58. The molecule has 5 heteroatoms. The van der Waals surface area contributed by atoms with Crippen molar-refractivity contribution in [2.45, 2.75) is 13.1 Å². The maximum atomic E-state index is 11.7. The van der Waals surface area contributed by atoms with E-state index >= 15 is 0 Å². The molecule has 2 aromatic carbocycles. The Morgan fingerprint density at radius 1 is 1.13 bits per heavy atom. The quantitative estimate of drug-likeness (QED) is 0.740. The summed E-state index contributed by atoms with van der Waals surface area (Å²) >= 11 is 6.01. The number of hydrogen-bond donors (Lipinski definition) is 1. The van der Waals surface area contributed by atoms with Crippen LogP contribution in [-0.2, 0) is 13.1 Å². The Hall–Kier alpha value is -2.30. The van der Waals surface area contributed by atoms with Gasteiger partial charge in [0.25, 0.3) is 0 Å². The lowest BCUT2D eigenvalue weighted by atomic mass is 10.1. The summed E-state index contributed by atoms with van der Waals surface area (Å²) in [6.07, 6.45) is 0. The lowest BCUT2D eigenvalue weighted by Gasteiger charge is -2.17. The number of nitrogens with zero attached hydrogens (tertiary/aromatic N) is 1. The van der Waals surface area contributed by atoms with Crippen molar-refractivity contribution in [1.29, 1.82) is 0 Å². The van der Waals surface area contributed by atoms with Gasteiger partial charge in [-0.2, -0.15) is 0 Å². The Balaban J connectivity index is 1.87. The van der Waals surface area contributed by atoms with Gasteiger partial charge in [-0.05, 0) is 42.4 Å². The highest BCUT2D eigenvalue weighted by Gasteiger charge is 2.09. The van der Waals surface area contributed by atoms with Crippen LogP contribution in [0.5, 0.6) is 5.75 Å². The molecule has 0 spiro atoms. The molecule has 0 aliphatic carbocycles. The largest absolute Gasteiger partial charge is 0.508 e. The fraction of sp³-hybridized carbons (Fsp3) is 0.167. The molecule has 0 aliphatic heterocycles. The maximum absolute atomic E-state index is 11.7. The first-order chi connectivity index (χ1) is 11.0. The van der Waals surface area contributed by atoms with Crippen LogP contribution in [0.2, 0.25) is 5.02 Å². The first kappa shape index (κ1) is 15.6. The lowest BCUT2D eigenvalue weighted by molar-refractivity contribution is 0.319. The Labute approximate surface area is 138 Å². The fourth-order valence-electron chi connectivity index (χ4n) is 2.64. The molecular weight excluding hydrogens is 314 g/mol. The Morgan fingerprint density at radius 2 is 1.96 bits per heavy atom. The van der Waals surface area contributed by atoms with Gasteiger partial charge >= 0.3 is 5.63 Å². The molecule has 0 amide bonds. The molecule has 23 heavy (non-hydrogen) atoms. The molecule has 0 atom stereocenters. The van der Waals surface area contributed by atoms with E-state index in [0.29, 0.717) is 23.7 Å². The van der Waals surface area contributed by atoms with Crippen LogP contribution in [-0.4, -0.2) is 17.1 Å². The second-order valence-electron chi connectivity index (χ2n) is 5.57.